The van der Waals surface area contributed by atoms with Gasteiger partial charge in [0.05, 0.1) is 6.10 Å². The molecule has 0 aliphatic carbocycles. The van der Waals surface area contributed by atoms with Crippen LogP contribution in [0.5, 0.6) is 0 Å². The molecular weight excluding hydrogens is 270 g/mol. The summed E-state index contributed by atoms with van der Waals surface area (Å²) in [5.41, 5.74) is 4.98. The van der Waals surface area contributed by atoms with Crippen LogP contribution in [0.25, 0.3) is 0 Å². The maximum Gasteiger partial charge on any atom is 0.422 e. The second kappa shape index (κ2) is 7.06. The minimum absolute atomic E-state index is 0.177. The van der Waals surface area contributed by atoms with Gasteiger partial charge in [-0.05, 0) is 26.7 Å². The third kappa shape index (κ3) is 4.63. The standard InChI is InChI=1S/C11H25N3O4S/c1-6-11(7-2,8-12)14(5)19(16,17)13-10(15)18-9(3)4/h9H,6-8,12H2,1-5H3,(H,13,15). The highest BCUT2D eigenvalue weighted by Crippen LogP contribution is 2.23. The molecule has 8 heteroatoms. The predicted octanol–water partition coefficient (Wildman–Crippen LogP) is 0.815. The van der Waals surface area contributed by atoms with Gasteiger partial charge in [-0.15, -0.1) is 0 Å². The van der Waals surface area contributed by atoms with E-state index in [4.69, 9.17) is 10.5 Å². The van der Waals surface area contributed by atoms with Gasteiger partial charge < -0.3 is 10.5 Å². The molecule has 0 bridgehead atoms. The second-order valence-electron chi connectivity index (χ2n) is 4.66. The minimum Gasteiger partial charge on any atom is -0.446 e. The zero-order valence-corrected chi connectivity index (χ0v) is 13.1. The van der Waals surface area contributed by atoms with Gasteiger partial charge in [0.2, 0.25) is 0 Å². The summed E-state index contributed by atoms with van der Waals surface area (Å²) in [7, 11) is -2.56. The van der Waals surface area contributed by atoms with Gasteiger partial charge >= 0.3 is 16.3 Å². The van der Waals surface area contributed by atoms with Crippen LogP contribution in [0.1, 0.15) is 40.5 Å². The Morgan fingerprint density at radius 2 is 1.84 bits per heavy atom. The number of ether oxygens (including phenoxy) is 1. The molecule has 0 saturated carbocycles. The Morgan fingerprint density at radius 1 is 1.37 bits per heavy atom. The first-order valence-corrected chi connectivity index (χ1v) is 7.76. The topological polar surface area (TPSA) is 102 Å². The van der Waals surface area contributed by atoms with Crippen LogP contribution in [0, 0.1) is 0 Å². The molecule has 0 atom stereocenters. The maximum atomic E-state index is 12.1. The molecule has 0 aromatic carbocycles. The largest absolute Gasteiger partial charge is 0.446 e. The maximum absolute atomic E-state index is 12.1. The summed E-state index contributed by atoms with van der Waals surface area (Å²) in [6.45, 7) is 7.16. The van der Waals surface area contributed by atoms with Gasteiger partial charge in [0.1, 0.15) is 0 Å². The third-order valence-corrected chi connectivity index (χ3v) is 4.81. The molecule has 0 aromatic rings. The molecule has 0 unspecified atom stereocenters. The number of rotatable bonds is 7. The molecule has 114 valence electrons. The number of hydrogen-bond donors (Lipinski definition) is 2. The molecule has 3 N–H and O–H groups in total. The van der Waals surface area contributed by atoms with Gasteiger partial charge in [-0.3, -0.25) is 0 Å². The average Bonchev–Trinajstić information content (AvgIpc) is 2.29. The number of carbonyl (C=O) groups is 1. The van der Waals surface area contributed by atoms with E-state index >= 15 is 0 Å². The lowest BCUT2D eigenvalue weighted by molar-refractivity contribution is 0.120. The Morgan fingerprint density at radius 3 is 2.16 bits per heavy atom. The number of nitrogens with zero attached hydrogens (tertiary/aromatic N) is 1. The van der Waals surface area contributed by atoms with Crippen molar-refractivity contribution < 1.29 is 17.9 Å². The van der Waals surface area contributed by atoms with Crippen molar-refractivity contribution in [3.05, 3.63) is 0 Å². The molecule has 19 heavy (non-hydrogen) atoms. The molecule has 0 spiro atoms. The Hall–Kier alpha value is -0.860. The molecule has 0 rings (SSSR count). The van der Waals surface area contributed by atoms with E-state index in [0.29, 0.717) is 12.8 Å². The van der Waals surface area contributed by atoms with Crippen LogP contribution in [0.15, 0.2) is 0 Å². The normalized spacial score (nSPS) is 12.8. The van der Waals surface area contributed by atoms with Crippen molar-refractivity contribution in [2.75, 3.05) is 13.6 Å². The van der Waals surface area contributed by atoms with E-state index in [0.717, 1.165) is 4.31 Å². The van der Waals surface area contributed by atoms with E-state index in [9.17, 15) is 13.2 Å². The third-order valence-electron chi connectivity index (χ3n) is 3.28. The highest BCUT2D eigenvalue weighted by atomic mass is 32.2. The van der Waals surface area contributed by atoms with Crippen LogP contribution < -0.4 is 10.5 Å². The van der Waals surface area contributed by atoms with Crippen LogP contribution in [-0.2, 0) is 14.9 Å². The lowest BCUT2D eigenvalue weighted by Gasteiger charge is -2.38. The molecule has 0 aliphatic heterocycles. The van der Waals surface area contributed by atoms with Crippen LogP contribution >= 0.6 is 0 Å². The first kappa shape index (κ1) is 18.1. The summed E-state index contributed by atoms with van der Waals surface area (Å²) in [6.07, 6.45) is -0.273. The highest BCUT2D eigenvalue weighted by Gasteiger charge is 2.38. The highest BCUT2D eigenvalue weighted by molar-refractivity contribution is 7.87. The van der Waals surface area contributed by atoms with E-state index in [1.54, 1.807) is 13.8 Å². The van der Waals surface area contributed by atoms with Gasteiger partial charge in [-0.25, -0.2) is 9.52 Å². The van der Waals surface area contributed by atoms with E-state index < -0.39 is 27.9 Å². The number of nitrogens with two attached hydrogens (primary N) is 1. The summed E-state index contributed by atoms with van der Waals surface area (Å²) in [5.74, 6) is 0. The van der Waals surface area contributed by atoms with Crippen LogP contribution in [0.4, 0.5) is 4.79 Å². The van der Waals surface area contributed by atoms with Gasteiger partial charge in [0.25, 0.3) is 0 Å². The number of carbonyl (C=O) groups excluding carboxylic acids is 1. The molecule has 0 heterocycles. The van der Waals surface area contributed by atoms with Gasteiger partial charge in [0, 0.05) is 19.1 Å². The minimum atomic E-state index is -3.97. The van der Waals surface area contributed by atoms with Crippen molar-refractivity contribution in [3.63, 3.8) is 0 Å². The Labute approximate surface area is 115 Å². The molecule has 0 aromatic heterocycles. The lowest BCUT2D eigenvalue weighted by atomic mass is 9.93. The smallest absolute Gasteiger partial charge is 0.422 e. The van der Waals surface area contributed by atoms with Crippen LogP contribution in [-0.4, -0.2) is 44.1 Å². The Bertz CT molecular complexity index is 382. The second-order valence-corrected chi connectivity index (χ2v) is 6.37. The lowest BCUT2D eigenvalue weighted by Crippen LogP contribution is -2.57. The summed E-state index contributed by atoms with van der Waals surface area (Å²) < 4.78 is 32.0. The van der Waals surface area contributed by atoms with Crippen LogP contribution in [0.3, 0.4) is 0 Å². The SMILES string of the molecule is CCC(CC)(CN)N(C)S(=O)(=O)NC(=O)OC(C)C. The number of nitrogens with one attached hydrogen (secondary N) is 1. The molecular formula is C11H25N3O4S. The summed E-state index contributed by atoms with van der Waals surface area (Å²) in [6, 6.07) is 0. The fraction of sp³-hybridized carbons (Fsp3) is 0.909. The zero-order chi connectivity index (χ0) is 15.3. The van der Waals surface area contributed by atoms with Gasteiger partial charge in [-0.2, -0.15) is 12.7 Å². The molecule has 0 radical (unpaired) electrons. The van der Waals surface area contributed by atoms with Crippen molar-refractivity contribution in [1.82, 2.24) is 9.03 Å². The fourth-order valence-corrected chi connectivity index (χ4v) is 3.02. The van der Waals surface area contributed by atoms with Crippen molar-refractivity contribution in [3.8, 4) is 0 Å². The van der Waals surface area contributed by atoms with Crippen molar-refractivity contribution in [2.24, 2.45) is 5.73 Å². The van der Waals surface area contributed by atoms with Crippen LogP contribution in [0.2, 0.25) is 0 Å². The van der Waals surface area contributed by atoms with Gasteiger partial charge in [0.15, 0.2) is 0 Å². The van der Waals surface area contributed by atoms with Crippen molar-refractivity contribution in [1.29, 1.82) is 0 Å². The van der Waals surface area contributed by atoms with Crippen molar-refractivity contribution in [2.45, 2.75) is 52.2 Å². The summed E-state index contributed by atoms with van der Waals surface area (Å²) in [5, 5.41) is 0. The molecule has 0 fully saturated rings. The zero-order valence-electron chi connectivity index (χ0n) is 12.3. The van der Waals surface area contributed by atoms with E-state index in [2.05, 4.69) is 0 Å². The summed E-state index contributed by atoms with van der Waals surface area (Å²) >= 11 is 0. The molecule has 1 amide bonds. The fourth-order valence-electron chi connectivity index (χ4n) is 1.78. The predicted molar refractivity (Wildman–Crippen MR) is 73.8 cm³/mol. The Kier molecular flexibility index (Phi) is 6.74. The average molecular weight is 295 g/mol. The van der Waals surface area contributed by atoms with E-state index in [1.165, 1.54) is 7.05 Å². The quantitative estimate of drug-likeness (QED) is 0.724. The van der Waals surface area contributed by atoms with Gasteiger partial charge in [-0.1, -0.05) is 13.8 Å². The summed E-state index contributed by atoms with van der Waals surface area (Å²) in [4.78, 5) is 11.4. The monoisotopic (exact) mass is 295 g/mol. The molecule has 7 nitrogen and oxygen atoms in total. The Balaban J connectivity index is 5.05. The first-order chi connectivity index (χ1) is 8.65. The number of hydrogen-bond acceptors (Lipinski definition) is 5. The number of amides is 1. The van der Waals surface area contributed by atoms with E-state index in [1.807, 2.05) is 18.6 Å². The first-order valence-electron chi connectivity index (χ1n) is 6.32. The molecule has 0 aliphatic rings. The molecule has 0 saturated heterocycles. The number of likely N-dealkylation sites (N-methyl/N-ethyl adjacent to an activating group) is 1. The van der Waals surface area contributed by atoms with Crippen molar-refractivity contribution >= 4 is 16.3 Å². The van der Waals surface area contributed by atoms with E-state index in [-0.39, 0.29) is 6.54 Å².